The summed E-state index contributed by atoms with van der Waals surface area (Å²) >= 11 is 0. The summed E-state index contributed by atoms with van der Waals surface area (Å²) in [5.41, 5.74) is 4.84. The van der Waals surface area contributed by atoms with Crippen molar-refractivity contribution in [1.82, 2.24) is 5.32 Å². The van der Waals surface area contributed by atoms with Crippen LogP contribution in [0.2, 0.25) is 0 Å². The van der Waals surface area contributed by atoms with E-state index >= 15 is 0 Å². The van der Waals surface area contributed by atoms with Crippen LogP contribution < -0.4 is 11.1 Å². The fourth-order valence-electron chi connectivity index (χ4n) is 1.76. The first-order valence-corrected chi connectivity index (χ1v) is 6.79. The Morgan fingerprint density at radius 2 is 1.71 bits per heavy atom. The van der Waals surface area contributed by atoms with Gasteiger partial charge in [0.1, 0.15) is 30.4 Å². The second-order valence-corrected chi connectivity index (χ2v) is 5.00. The van der Waals surface area contributed by atoms with Crippen LogP contribution in [0.25, 0.3) is 0 Å². The topological polar surface area (TPSA) is 220 Å². The van der Waals surface area contributed by atoms with Gasteiger partial charge in [0.25, 0.3) is 0 Å². The summed E-state index contributed by atoms with van der Waals surface area (Å²) in [5, 5.41) is 55.4. The minimum atomic E-state index is -1.45. The first kappa shape index (κ1) is 22.2. The average molecular weight is 354 g/mol. The van der Waals surface area contributed by atoms with E-state index in [1.54, 1.807) is 0 Å². The Morgan fingerprint density at radius 3 is 2.04 bits per heavy atom. The lowest BCUT2D eigenvalue weighted by Gasteiger charge is -2.40. The fourth-order valence-corrected chi connectivity index (χ4v) is 1.76. The van der Waals surface area contributed by atoms with Gasteiger partial charge in [0.05, 0.1) is 13.0 Å². The van der Waals surface area contributed by atoms with Crippen molar-refractivity contribution in [2.75, 3.05) is 6.61 Å². The molecule has 0 aromatic heterocycles. The van der Waals surface area contributed by atoms with Crippen molar-refractivity contribution in [3.8, 4) is 0 Å². The number of aliphatic hydroxyl groups is 4. The Bertz CT molecular complexity index is 446. The van der Waals surface area contributed by atoms with E-state index in [0.29, 0.717) is 0 Å². The van der Waals surface area contributed by atoms with Gasteiger partial charge in [0.2, 0.25) is 5.91 Å². The number of carboxylic acid groups (broad SMARTS) is 2. The summed E-state index contributed by atoms with van der Waals surface area (Å²) in [7, 11) is 0. The highest BCUT2D eigenvalue weighted by molar-refractivity contribution is 5.80. The van der Waals surface area contributed by atoms with Crippen molar-refractivity contribution >= 4 is 17.8 Å². The highest BCUT2D eigenvalue weighted by Crippen LogP contribution is 2.19. The molecule has 0 aromatic rings. The van der Waals surface area contributed by atoms with Crippen molar-refractivity contribution in [3.63, 3.8) is 0 Å². The number of nitrogens with one attached hydrogen (secondary N) is 1. The zero-order chi connectivity index (χ0) is 19.0. The van der Waals surface area contributed by atoms with E-state index in [4.69, 9.17) is 25.8 Å². The normalized spacial score (nSPS) is 30.5. The molecular weight excluding hydrogens is 332 g/mol. The van der Waals surface area contributed by atoms with Crippen molar-refractivity contribution in [2.45, 2.75) is 50.0 Å². The van der Waals surface area contributed by atoms with Crippen molar-refractivity contribution in [3.05, 3.63) is 0 Å². The first-order valence-electron chi connectivity index (χ1n) is 6.79. The smallest absolute Gasteiger partial charge is 0.321 e. The van der Waals surface area contributed by atoms with Crippen molar-refractivity contribution in [1.29, 1.82) is 0 Å². The zero-order valence-corrected chi connectivity index (χ0v) is 12.8. The minimum Gasteiger partial charge on any atom is -0.481 e. The molecule has 0 radical (unpaired) electrons. The molecule has 0 spiro atoms. The molecule has 1 aliphatic rings. The summed E-state index contributed by atoms with van der Waals surface area (Å²) in [4.78, 5) is 30.4. The van der Waals surface area contributed by atoms with E-state index in [-0.39, 0.29) is 0 Å². The number of carbonyl (C=O) groups is 3. The molecule has 24 heavy (non-hydrogen) atoms. The van der Waals surface area contributed by atoms with Crippen LogP contribution in [0.3, 0.4) is 0 Å². The standard InChI is InChI=1S/C8H15NO6.C4H7NO4/c1-3(11)9-5-7(13)6(12)4(2-10)15-8(5)14;5-2(4(8)9)1-3(6)7/h4-8,10,12-14H,2H2,1H3,(H,9,11);2H,1,5H2,(H,6,7)(H,8,9)/t4-,5-,6-,7-,8?;2-/m10/s1. The van der Waals surface area contributed by atoms with Gasteiger partial charge in [-0.2, -0.15) is 0 Å². The summed E-state index contributed by atoms with van der Waals surface area (Å²) in [6.07, 6.45) is -5.77. The maximum atomic E-state index is 10.7. The maximum absolute atomic E-state index is 10.7. The highest BCUT2D eigenvalue weighted by atomic mass is 16.6. The second kappa shape index (κ2) is 10.1. The molecule has 12 heteroatoms. The van der Waals surface area contributed by atoms with Crippen LogP contribution in [-0.4, -0.2) is 91.8 Å². The van der Waals surface area contributed by atoms with Gasteiger partial charge < -0.3 is 46.4 Å². The van der Waals surface area contributed by atoms with Gasteiger partial charge >= 0.3 is 11.9 Å². The minimum absolute atomic E-state index is 0.462. The summed E-state index contributed by atoms with van der Waals surface area (Å²) in [5.74, 6) is -2.96. The van der Waals surface area contributed by atoms with Crippen molar-refractivity contribution in [2.24, 2.45) is 5.73 Å². The van der Waals surface area contributed by atoms with Gasteiger partial charge in [-0.3, -0.25) is 14.4 Å². The van der Waals surface area contributed by atoms with E-state index < -0.39 is 67.6 Å². The molecule has 0 aliphatic carbocycles. The van der Waals surface area contributed by atoms with E-state index in [2.05, 4.69) is 5.32 Å². The third-order valence-corrected chi connectivity index (χ3v) is 2.98. The number of hydrogen-bond donors (Lipinski definition) is 8. The van der Waals surface area contributed by atoms with Crippen molar-refractivity contribution < 1.29 is 49.8 Å². The zero-order valence-electron chi connectivity index (χ0n) is 12.8. The molecule has 140 valence electrons. The molecule has 1 saturated heterocycles. The van der Waals surface area contributed by atoms with Gasteiger partial charge in [-0.1, -0.05) is 0 Å². The van der Waals surface area contributed by atoms with Crippen LogP contribution in [-0.2, 0) is 19.1 Å². The Morgan fingerprint density at radius 1 is 1.17 bits per heavy atom. The fraction of sp³-hybridized carbons (Fsp3) is 0.750. The van der Waals surface area contributed by atoms with Crippen LogP contribution >= 0.6 is 0 Å². The monoisotopic (exact) mass is 354 g/mol. The lowest BCUT2D eigenvalue weighted by Crippen LogP contribution is -2.63. The van der Waals surface area contributed by atoms with Gasteiger partial charge in [-0.25, -0.2) is 0 Å². The molecule has 12 nitrogen and oxygen atoms in total. The molecular formula is C12H22N2O10. The van der Waals surface area contributed by atoms with E-state index in [9.17, 15) is 29.7 Å². The maximum Gasteiger partial charge on any atom is 0.321 e. The number of ether oxygens (including phenoxy) is 1. The Labute approximate surface area is 136 Å². The van der Waals surface area contributed by atoms with Crippen LogP contribution in [0, 0.1) is 0 Å². The van der Waals surface area contributed by atoms with E-state index in [1.807, 2.05) is 0 Å². The molecule has 1 fully saturated rings. The van der Waals surface area contributed by atoms with E-state index in [0.717, 1.165) is 0 Å². The number of hydrogen-bond acceptors (Lipinski definition) is 9. The largest absolute Gasteiger partial charge is 0.481 e. The quantitative estimate of drug-likeness (QED) is 0.236. The molecule has 0 aromatic carbocycles. The predicted octanol–water partition coefficient (Wildman–Crippen LogP) is -4.20. The number of carboxylic acids is 2. The lowest BCUT2D eigenvalue weighted by molar-refractivity contribution is -0.253. The number of aliphatic carboxylic acids is 2. The number of amides is 1. The Hall–Kier alpha value is -1.83. The third-order valence-electron chi connectivity index (χ3n) is 2.98. The highest BCUT2D eigenvalue weighted by Gasteiger charge is 2.43. The number of aliphatic hydroxyl groups excluding tert-OH is 4. The van der Waals surface area contributed by atoms with Crippen LogP contribution in [0.4, 0.5) is 0 Å². The SMILES string of the molecule is CC(=O)N[C@H]1C(O)O[C@H](CO)[C@@H](O)[C@@H]1O.N[C@@H](CC(=O)O)C(=O)O. The van der Waals surface area contributed by atoms with Crippen LogP contribution in [0.5, 0.6) is 0 Å². The number of rotatable bonds is 5. The molecule has 9 N–H and O–H groups in total. The molecule has 1 amide bonds. The number of carbonyl (C=O) groups excluding carboxylic acids is 1. The van der Waals surface area contributed by atoms with Crippen LogP contribution in [0.1, 0.15) is 13.3 Å². The average Bonchev–Trinajstić information content (AvgIpc) is 2.47. The molecule has 1 unspecified atom stereocenters. The summed E-state index contributed by atoms with van der Waals surface area (Å²) in [6.45, 7) is 0.687. The molecule has 0 bridgehead atoms. The van der Waals surface area contributed by atoms with Crippen LogP contribution in [0.15, 0.2) is 0 Å². The third kappa shape index (κ3) is 7.16. The Kier molecular flexibility index (Phi) is 9.35. The lowest BCUT2D eigenvalue weighted by atomic mass is 9.97. The van der Waals surface area contributed by atoms with E-state index in [1.165, 1.54) is 6.92 Å². The summed E-state index contributed by atoms with van der Waals surface area (Å²) < 4.78 is 4.81. The molecule has 0 saturated carbocycles. The first-order chi connectivity index (χ1) is 11.0. The van der Waals surface area contributed by atoms with Gasteiger partial charge in [0.15, 0.2) is 6.29 Å². The van der Waals surface area contributed by atoms with Gasteiger partial charge in [0, 0.05) is 6.92 Å². The molecule has 6 atom stereocenters. The molecule has 1 aliphatic heterocycles. The summed E-state index contributed by atoms with van der Waals surface area (Å²) in [6, 6.07) is -2.39. The second-order valence-electron chi connectivity index (χ2n) is 5.00. The van der Waals surface area contributed by atoms with Gasteiger partial charge in [-0.05, 0) is 0 Å². The predicted molar refractivity (Wildman–Crippen MR) is 75.4 cm³/mol. The van der Waals surface area contributed by atoms with Gasteiger partial charge in [-0.15, -0.1) is 0 Å². The molecule has 1 rings (SSSR count). The Balaban J connectivity index is 0.000000506. The molecule has 1 heterocycles. The number of nitrogens with two attached hydrogens (primary N) is 1.